The summed E-state index contributed by atoms with van der Waals surface area (Å²) in [6.45, 7) is 10.5. The standard InChI is InChI=1S/C29H32N4O/c1-20(2)26-19-32(18-22-9-5-4-6-10-22)15-16-33(26)29-23-14-13-21(3)17-25(23)30-28(31-29)24-11-7-8-12-27(24)34/h4-14,17,20,26,34H,15-16,18-19H2,1-3H3. The molecule has 34 heavy (non-hydrogen) atoms. The predicted molar refractivity (Wildman–Crippen MR) is 139 cm³/mol. The molecular formula is C29H32N4O. The van der Waals surface area contributed by atoms with Crippen LogP contribution in [-0.2, 0) is 6.54 Å². The van der Waals surface area contributed by atoms with Gasteiger partial charge in [0.2, 0.25) is 0 Å². The highest BCUT2D eigenvalue weighted by Gasteiger charge is 2.31. The number of hydrogen-bond donors (Lipinski definition) is 1. The van der Waals surface area contributed by atoms with E-state index in [9.17, 15) is 5.11 Å². The van der Waals surface area contributed by atoms with Gasteiger partial charge in [0, 0.05) is 37.6 Å². The summed E-state index contributed by atoms with van der Waals surface area (Å²) in [4.78, 5) is 14.9. The molecule has 1 atom stereocenters. The first-order chi connectivity index (χ1) is 16.5. The van der Waals surface area contributed by atoms with Gasteiger partial charge in [-0.3, -0.25) is 4.90 Å². The van der Waals surface area contributed by atoms with Gasteiger partial charge in [-0.15, -0.1) is 0 Å². The van der Waals surface area contributed by atoms with E-state index in [0.717, 1.165) is 48.5 Å². The van der Waals surface area contributed by atoms with Crippen LogP contribution in [0.2, 0.25) is 0 Å². The van der Waals surface area contributed by atoms with Crippen molar-refractivity contribution in [1.29, 1.82) is 0 Å². The van der Waals surface area contributed by atoms with Crippen molar-refractivity contribution in [2.75, 3.05) is 24.5 Å². The van der Waals surface area contributed by atoms with E-state index in [2.05, 4.69) is 79.1 Å². The van der Waals surface area contributed by atoms with E-state index in [-0.39, 0.29) is 5.75 Å². The molecule has 3 aromatic carbocycles. The van der Waals surface area contributed by atoms with Gasteiger partial charge in [-0.2, -0.15) is 0 Å². The zero-order chi connectivity index (χ0) is 23.7. The smallest absolute Gasteiger partial charge is 0.165 e. The number of aromatic nitrogens is 2. The molecule has 174 valence electrons. The summed E-state index contributed by atoms with van der Waals surface area (Å²) in [5.41, 5.74) is 4.09. The van der Waals surface area contributed by atoms with Crippen LogP contribution in [0, 0.1) is 12.8 Å². The van der Waals surface area contributed by atoms with Crippen molar-refractivity contribution in [1.82, 2.24) is 14.9 Å². The number of phenolic OH excluding ortho intramolecular Hbond substituents is 1. The van der Waals surface area contributed by atoms with E-state index in [1.807, 2.05) is 18.2 Å². The SMILES string of the molecule is Cc1ccc2c(N3CCN(Cc4ccccc4)CC3C(C)C)nc(-c3ccccc3O)nc2c1. The minimum absolute atomic E-state index is 0.202. The number of nitrogens with zero attached hydrogens (tertiary/aromatic N) is 4. The molecule has 5 heteroatoms. The Hall–Kier alpha value is -3.44. The van der Waals surface area contributed by atoms with Crippen molar-refractivity contribution in [3.8, 4) is 17.1 Å². The zero-order valence-electron chi connectivity index (χ0n) is 20.1. The number of aryl methyl sites for hydroxylation is 1. The van der Waals surface area contributed by atoms with Gasteiger partial charge in [0.05, 0.1) is 11.1 Å². The fourth-order valence-electron chi connectivity index (χ4n) is 4.91. The lowest BCUT2D eigenvalue weighted by Crippen LogP contribution is -2.55. The van der Waals surface area contributed by atoms with Gasteiger partial charge in [-0.25, -0.2) is 9.97 Å². The molecular weight excluding hydrogens is 420 g/mol. The molecule has 4 aromatic rings. The van der Waals surface area contributed by atoms with Gasteiger partial charge in [0.1, 0.15) is 11.6 Å². The molecule has 1 N–H and O–H groups in total. The minimum atomic E-state index is 0.202. The average molecular weight is 453 g/mol. The molecule has 0 bridgehead atoms. The minimum Gasteiger partial charge on any atom is -0.507 e. The third-order valence-corrected chi connectivity index (χ3v) is 6.77. The second kappa shape index (κ2) is 9.43. The van der Waals surface area contributed by atoms with E-state index >= 15 is 0 Å². The molecule has 0 aliphatic carbocycles. The topological polar surface area (TPSA) is 52.5 Å². The first kappa shape index (κ1) is 22.4. The van der Waals surface area contributed by atoms with Crippen LogP contribution in [0.3, 0.4) is 0 Å². The molecule has 0 radical (unpaired) electrons. The lowest BCUT2D eigenvalue weighted by atomic mass is 9.98. The van der Waals surface area contributed by atoms with Crippen molar-refractivity contribution in [3.63, 3.8) is 0 Å². The van der Waals surface area contributed by atoms with Crippen LogP contribution in [0.15, 0.2) is 72.8 Å². The molecule has 1 aromatic heterocycles. The van der Waals surface area contributed by atoms with Crippen molar-refractivity contribution in [3.05, 3.63) is 83.9 Å². The largest absolute Gasteiger partial charge is 0.507 e. The summed E-state index contributed by atoms with van der Waals surface area (Å²) >= 11 is 0. The Morgan fingerprint density at radius 3 is 2.47 bits per heavy atom. The van der Waals surface area contributed by atoms with E-state index in [1.165, 1.54) is 5.56 Å². The molecule has 1 saturated heterocycles. The number of para-hydroxylation sites is 1. The second-order valence-corrected chi connectivity index (χ2v) is 9.63. The zero-order valence-corrected chi connectivity index (χ0v) is 20.1. The lowest BCUT2D eigenvalue weighted by molar-refractivity contribution is 0.192. The number of anilines is 1. The number of fused-ring (bicyclic) bond motifs is 1. The third kappa shape index (κ3) is 4.48. The highest BCUT2D eigenvalue weighted by molar-refractivity contribution is 5.92. The molecule has 1 aliphatic heterocycles. The Balaban J connectivity index is 1.55. The Morgan fingerprint density at radius 1 is 0.941 bits per heavy atom. The van der Waals surface area contributed by atoms with Gasteiger partial charge < -0.3 is 10.0 Å². The van der Waals surface area contributed by atoms with Crippen LogP contribution in [0.4, 0.5) is 5.82 Å². The van der Waals surface area contributed by atoms with Crippen LogP contribution in [0.5, 0.6) is 5.75 Å². The number of hydrogen-bond acceptors (Lipinski definition) is 5. The van der Waals surface area contributed by atoms with Crippen LogP contribution in [0.1, 0.15) is 25.0 Å². The molecule has 1 unspecified atom stereocenters. The van der Waals surface area contributed by atoms with Crippen LogP contribution < -0.4 is 4.90 Å². The van der Waals surface area contributed by atoms with Gasteiger partial charge in [-0.1, -0.05) is 62.4 Å². The number of rotatable bonds is 5. The van der Waals surface area contributed by atoms with Crippen molar-refractivity contribution in [2.24, 2.45) is 5.92 Å². The lowest BCUT2D eigenvalue weighted by Gasteiger charge is -2.44. The van der Waals surface area contributed by atoms with Crippen LogP contribution in [0.25, 0.3) is 22.3 Å². The fraction of sp³-hybridized carbons (Fsp3) is 0.310. The molecule has 0 amide bonds. The molecule has 1 aliphatic rings. The maximum atomic E-state index is 10.5. The molecule has 0 saturated carbocycles. The first-order valence-electron chi connectivity index (χ1n) is 12.1. The highest BCUT2D eigenvalue weighted by atomic mass is 16.3. The summed E-state index contributed by atoms with van der Waals surface area (Å²) in [6, 6.07) is 24.7. The number of piperazine rings is 1. The third-order valence-electron chi connectivity index (χ3n) is 6.77. The molecule has 1 fully saturated rings. The van der Waals surface area contributed by atoms with E-state index in [4.69, 9.17) is 9.97 Å². The average Bonchev–Trinajstić information content (AvgIpc) is 2.84. The van der Waals surface area contributed by atoms with E-state index < -0.39 is 0 Å². The monoisotopic (exact) mass is 452 g/mol. The van der Waals surface area contributed by atoms with Gasteiger partial charge in [0.25, 0.3) is 0 Å². The summed E-state index contributed by atoms with van der Waals surface area (Å²) in [7, 11) is 0. The second-order valence-electron chi connectivity index (χ2n) is 9.63. The van der Waals surface area contributed by atoms with E-state index in [1.54, 1.807) is 6.07 Å². The van der Waals surface area contributed by atoms with Gasteiger partial charge >= 0.3 is 0 Å². The Labute approximate surface area is 201 Å². The predicted octanol–water partition coefficient (Wildman–Crippen LogP) is 5.66. The summed E-state index contributed by atoms with van der Waals surface area (Å²) in [5.74, 6) is 2.19. The Morgan fingerprint density at radius 2 is 1.71 bits per heavy atom. The summed E-state index contributed by atoms with van der Waals surface area (Å²) in [6.07, 6.45) is 0. The normalized spacial score (nSPS) is 16.9. The molecule has 5 rings (SSSR count). The van der Waals surface area contributed by atoms with Crippen LogP contribution >= 0.6 is 0 Å². The Bertz CT molecular complexity index is 1290. The summed E-state index contributed by atoms with van der Waals surface area (Å²) < 4.78 is 0. The van der Waals surface area contributed by atoms with Gasteiger partial charge in [0.15, 0.2) is 5.82 Å². The number of phenols is 1. The van der Waals surface area contributed by atoms with Crippen molar-refractivity contribution < 1.29 is 5.11 Å². The maximum Gasteiger partial charge on any atom is 0.165 e. The van der Waals surface area contributed by atoms with Crippen molar-refractivity contribution in [2.45, 2.75) is 33.4 Å². The fourth-order valence-corrected chi connectivity index (χ4v) is 4.91. The van der Waals surface area contributed by atoms with Crippen molar-refractivity contribution >= 4 is 16.7 Å². The molecule has 0 spiro atoms. The highest BCUT2D eigenvalue weighted by Crippen LogP contribution is 2.34. The van der Waals surface area contributed by atoms with Crippen LogP contribution in [-0.4, -0.2) is 45.7 Å². The van der Waals surface area contributed by atoms with Gasteiger partial charge in [-0.05, 0) is 48.2 Å². The number of benzene rings is 3. The quantitative estimate of drug-likeness (QED) is 0.424. The molecule has 5 nitrogen and oxygen atoms in total. The maximum absolute atomic E-state index is 10.5. The van der Waals surface area contributed by atoms with E-state index in [0.29, 0.717) is 23.3 Å². The molecule has 2 heterocycles. The first-order valence-corrected chi connectivity index (χ1v) is 12.1. The number of aromatic hydroxyl groups is 1. The Kier molecular flexibility index (Phi) is 6.20. The summed E-state index contributed by atoms with van der Waals surface area (Å²) in [5, 5.41) is 11.6.